The van der Waals surface area contributed by atoms with Gasteiger partial charge in [0.25, 0.3) is 0 Å². The van der Waals surface area contributed by atoms with Gasteiger partial charge in [-0.3, -0.25) is 4.99 Å². The molecule has 1 aliphatic carbocycles. The summed E-state index contributed by atoms with van der Waals surface area (Å²) in [4.78, 5) is 3.99. The Hall–Kier alpha value is -0.600. The molecule has 12 heteroatoms. The second kappa shape index (κ2) is 10.8. The Kier molecular flexibility index (Phi) is 9.79. The molecule has 1 saturated carbocycles. The lowest BCUT2D eigenvalue weighted by atomic mass is 9.85. The number of alkyl halides is 3. The Morgan fingerprint density at radius 1 is 1.33 bits per heavy atom. The highest BCUT2D eigenvalue weighted by atomic mass is 127. The van der Waals surface area contributed by atoms with Crippen LogP contribution in [0.2, 0.25) is 0 Å². The van der Waals surface area contributed by atoms with Crippen molar-refractivity contribution in [3.8, 4) is 0 Å². The molecule has 3 N–H and O–H groups in total. The molecule has 1 aliphatic rings. The molecule has 0 spiro atoms. The van der Waals surface area contributed by atoms with Gasteiger partial charge < -0.3 is 10.6 Å². The van der Waals surface area contributed by atoms with Crippen LogP contribution in [0.5, 0.6) is 0 Å². The smallest absolute Gasteiger partial charge is 0.355 e. The van der Waals surface area contributed by atoms with E-state index in [1.807, 2.05) is 0 Å². The van der Waals surface area contributed by atoms with E-state index >= 15 is 0 Å². The third kappa shape index (κ3) is 7.74. The standard InChI is InChI=1S/C15H23F3N4O2S2.HI/c1-19-14(22-12-5-2-4-11(10-12)15(16,17)18)20-7-8-21-26(23,24)13-6-3-9-25-13;/h3,6,9,11-12,21H,2,4-5,7-8,10H2,1H3,(H2,19,20,22);1H. The van der Waals surface area contributed by atoms with Crippen molar-refractivity contribution >= 4 is 51.3 Å². The summed E-state index contributed by atoms with van der Waals surface area (Å²) in [5.41, 5.74) is 0. The zero-order valence-electron chi connectivity index (χ0n) is 14.8. The van der Waals surface area contributed by atoms with E-state index in [4.69, 9.17) is 0 Å². The van der Waals surface area contributed by atoms with Crippen LogP contribution >= 0.6 is 35.3 Å². The lowest BCUT2D eigenvalue weighted by Gasteiger charge is -2.31. The van der Waals surface area contributed by atoms with Gasteiger partial charge in [-0.15, -0.1) is 35.3 Å². The monoisotopic (exact) mass is 540 g/mol. The molecule has 1 aromatic rings. The number of nitrogens with zero attached hydrogens (tertiary/aromatic N) is 1. The number of thiophene rings is 1. The first kappa shape index (κ1) is 24.4. The molecule has 0 aliphatic heterocycles. The zero-order valence-corrected chi connectivity index (χ0v) is 18.7. The van der Waals surface area contributed by atoms with Crippen molar-refractivity contribution in [1.29, 1.82) is 0 Å². The van der Waals surface area contributed by atoms with Crippen LogP contribution in [0.3, 0.4) is 0 Å². The summed E-state index contributed by atoms with van der Waals surface area (Å²) in [5.74, 6) is -0.919. The normalized spacial score (nSPS) is 21.4. The molecule has 0 bridgehead atoms. The van der Waals surface area contributed by atoms with Gasteiger partial charge in [-0.1, -0.05) is 12.5 Å². The van der Waals surface area contributed by atoms with E-state index in [2.05, 4.69) is 20.3 Å². The molecule has 0 amide bonds. The lowest BCUT2D eigenvalue weighted by Crippen LogP contribution is -2.48. The van der Waals surface area contributed by atoms with Crippen molar-refractivity contribution in [2.75, 3.05) is 20.1 Å². The molecule has 1 heterocycles. The van der Waals surface area contributed by atoms with Crippen molar-refractivity contribution in [3.05, 3.63) is 17.5 Å². The predicted octanol–water partition coefficient (Wildman–Crippen LogP) is 2.93. The van der Waals surface area contributed by atoms with Crippen molar-refractivity contribution in [2.45, 2.75) is 42.1 Å². The third-order valence-electron chi connectivity index (χ3n) is 4.17. The quantitative estimate of drug-likeness (QED) is 0.224. The van der Waals surface area contributed by atoms with E-state index in [-0.39, 0.29) is 60.2 Å². The zero-order chi connectivity index (χ0) is 19.2. The molecule has 6 nitrogen and oxygen atoms in total. The molecule has 1 fully saturated rings. The number of halogens is 4. The van der Waals surface area contributed by atoms with Gasteiger partial charge >= 0.3 is 6.18 Å². The van der Waals surface area contributed by atoms with Crippen LogP contribution < -0.4 is 15.4 Å². The predicted molar refractivity (Wildman–Crippen MR) is 111 cm³/mol. The Morgan fingerprint density at radius 3 is 2.67 bits per heavy atom. The van der Waals surface area contributed by atoms with Gasteiger partial charge in [-0.05, 0) is 30.7 Å². The van der Waals surface area contributed by atoms with Gasteiger partial charge in [-0.2, -0.15) is 13.2 Å². The number of rotatable bonds is 6. The molecule has 0 saturated heterocycles. The van der Waals surface area contributed by atoms with Crippen LogP contribution in [-0.4, -0.2) is 46.7 Å². The Bertz CT molecular complexity index is 696. The third-order valence-corrected chi connectivity index (χ3v) is 7.03. The van der Waals surface area contributed by atoms with Gasteiger partial charge in [0.1, 0.15) is 4.21 Å². The summed E-state index contributed by atoms with van der Waals surface area (Å²) >= 11 is 1.13. The molecule has 27 heavy (non-hydrogen) atoms. The second-order valence-corrected chi connectivity index (χ2v) is 9.02. The van der Waals surface area contributed by atoms with Crippen LogP contribution in [0, 0.1) is 5.92 Å². The molecule has 0 radical (unpaired) electrons. The number of sulfonamides is 1. The fraction of sp³-hybridized carbons (Fsp3) is 0.667. The fourth-order valence-corrected chi connectivity index (χ4v) is 4.93. The van der Waals surface area contributed by atoms with E-state index in [1.165, 1.54) is 13.1 Å². The molecule has 1 aromatic heterocycles. The van der Waals surface area contributed by atoms with E-state index in [0.717, 1.165) is 11.3 Å². The molecular formula is C15H24F3IN4O2S2. The molecule has 156 valence electrons. The second-order valence-electron chi connectivity index (χ2n) is 6.08. The first-order valence-corrected chi connectivity index (χ1v) is 10.7. The minimum absolute atomic E-state index is 0. The number of guanidine groups is 1. The van der Waals surface area contributed by atoms with Crippen molar-refractivity contribution < 1.29 is 21.6 Å². The van der Waals surface area contributed by atoms with Crippen molar-refractivity contribution in [3.63, 3.8) is 0 Å². The van der Waals surface area contributed by atoms with Crippen molar-refractivity contribution in [2.24, 2.45) is 10.9 Å². The molecule has 2 atom stereocenters. The highest BCUT2D eigenvalue weighted by Crippen LogP contribution is 2.37. The fourth-order valence-electron chi connectivity index (χ4n) is 2.86. The Labute approximate surface area is 178 Å². The minimum atomic E-state index is -4.17. The highest BCUT2D eigenvalue weighted by molar-refractivity contribution is 14.0. The molecule has 2 unspecified atom stereocenters. The summed E-state index contributed by atoms with van der Waals surface area (Å²) in [6, 6.07) is 2.87. The van der Waals surface area contributed by atoms with E-state index in [0.29, 0.717) is 18.8 Å². The largest absolute Gasteiger partial charge is 0.391 e. The number of aliphatic imine (C=N–C) groups is 1. The molecule has 0 aromatic carbocycles. The minimum Gasteiger partial charge on any atom is -0.355 e. The van der Waals surface area contributed by atoms with Crippen LogP contribution in [0.4, 0.5) is 13.2 Å². The molecular weight excluding hydrogens is 516 g/mol. The Morgan fingerprint density at radius 2 is 2.07 bits per heavy atom. The van der Waals surface area contributed by atoms with Gasteiger partial charge in [0.05, 0.1) is 5.92 Å². The number of hydrogen-bond donors (Lipinski definition) is 3. The maximum atomic E-state index is 12.9. The van der Waals surface area contributed by atoms with Gasteiger partial charge in [-0.25, -0.2) is 13.1 Å². The maximum absolute atomic E-state index is 12.9. The van der Waals surface area contributed by atoms with E-state index in [1.54, 1.807) is 11.4 Å². The maximum Gasteiger partial charge on any atom is 0.391 e. The van der Waals surface area contributed by atoms with Crippen LogP contribution in [0.25, 0.3) is 0 Å². The van der Waals surface area contributed by atoms with Gasteiger partial charge in [0.2, 0.25) is 10.0 Å². The van der Waals surface area contributed by atoms with E-state index < -0.39 is 22.1 Å². The van der Waals surface area contributed by atoms with Gasteiger partial charge in [0, 0.05) is 26.2 Å². The highest BCUT2D eigenvalue weighted by Gasteiger charge is 2.42. The van der Waals surface area contributed by atoms with Gasteiger partial charge in [0.15, 0.2) is 5.96 Å². The average molecular weight is 540 g/mol. The summed E-state index contributed by atoms with van der Waals surface area (Å²) in [5, 5.41) is 7.60. The topological polar surface area (TPSA) is 82.6 Å². The van der Waals surface area contributed by atoms with E-state index in [9.17, 15) is 21.6 Å². The summed E-state index contributed by atoms with van der Waals surface area (Å²) in [7, 11) is -2.01. The van der Waals surface area contributed by atoms with Crippen LogP contribution in [-0.2, 0) is 10.0 Å². The van der Waals surface area contributed by atoms with Crippen molar-refractivity contribution in [1.82, 2.24) is 15.4 Å². The summed E-state index contributed by atoms with van der Waals surface area (Å²) < 4.78 is 65.3. The lowest BCUT2D eigenvalue weighted by molar-refractivity contribution is -0.183. The molecule has 2 rings (SSSR count). The summed E-state index contributed by atoms with van der Waals surface area (Å²) in [6.07, 6.45) is -2.82. The summed E-state index contributed by atoms with van der Waals surface area (Å²) in [6.45, 7) is 0.399. The van der Waals surface area contributed by atoms with Crippen LogP contribution in [0.15, 0.2) is 26.7 Å². The average Bonchev–Trinajstić information content (AvgIpc) is 3.12. The first-order valence-electron chi connectivity index (χ1n) is 8.29. The first-order chi connectivity index (χ1) is 12.2. The number of nitrogens with one attached hydrogen (secondary N) is 3. The SMILES string of the molecule is CN=C(NCCNS(=O)(=O)c1cccs1)NC1CCCC(C(F)(F)F)C1.I. The van der Waals surface area contributed by atoms with Crippen LogP contribution in [0.1, 0.15) is 25.7 Å². The number of hydrogen-bond acceptors (Lipinski definition) is 4. The Balaban J connectivity index is 0.00000364.